The molecule has 4 fully saturated rings. The van der Waals surface area contributed by atoms with E-state index in [0.717, 1.165) is 57.5 Å². The van der Waals surface area contributed by atoms with Crippen molar-refractivity contribution in [3.05, 3.63) is 23.8 Å². The normalized spacial score (nSPS) is 28.3. The topological polar surface area (TPSA) is 61.4 Å². The zero-order valence-corrected chi connectivity index (χ0v) is 15.7. The van der Waals surface area contributed by atoms with Crippen molar-refractivity contribution >= 4 is 15.7 Å². The molecule has 0 spiro atoms. The molecule has 1 aromatic rings. The Labute approximate surface area is 157 Å². The first kappa shape index (κ1) is 19.0. The number of rotatable bonds is 6. The second-order valence-corrected chi connectivity index (χ2v) is 9.63. The third-order valence-electron chi connectivity index (χ3n) is 5.84. The van der Waals surface area contributed by atoms with E-state index in [1.807, 2.05) is 0 Å². The van der Waals surface area contributed by atoms with Crippen molar-refractivity contribution in [2.75, 3.05) is 31.5 Å². The first-order valence-electron chi connectivity index (χ1n) is 9.42. The van der Waals surface area contributed by atoms with Crippen LogP contribution in [0.5, 0.6) is 0 Å². The smallest absolute Gasteiger partial charge is 0.381 e. The molecule has 5 rings (SSSR count). The molecule has 150 valence electrons. The Morgan fingerprint density at radius 1 is 1.11 bits per heavy atom. The van der Waals surface area contributed by atoms with Gasteiger partial charge in [0.05, 0.1) is 10.5 Å². The molecular formula is C18H24F3N3O2S. The van der Waals surface area contributed by atoms with E-state index in [4.69, 9.17) is 0 Å². The molecule has 0 radical (unpaired) electrons. The summed E-state index contributed by atoms with van der Waals surface area (Å²) in [5.74, 6) is 0.694. The fourth-order valence-electron chi connectivity index (χ4n) is 4.05. The number of halogens is 3. The fourth-order valence-corrected chi connectivity index (χ4v) is 5.37. The zero-order chi connectivity index (χ0) is 19.2. The number of hydrogen-bond acceptors (Lipinski definition) is 4. The van der Waals surface area contributed by atoms with Crippen molar-refractivity contribution in [3.63, 3.8) is 0 Å². The molecule has 1 unspecified atom stereocenters. The number of benzene rings is 1. The van der Waals surface area contributed by atoms with Crippen molar-refractivity contribution < 1.29 is 21.6 Å². The maximum absolute atomic E-state index is 13.6. The third kappa shape index (κ3) is 4.25. The standard InChI is InChI=1S/C18H24F3N3O2S/c19-18(20,21)15-9-14(23-16-11-24-7-5-13(16)6-8-24)3-4-17(15)27(25,26)22-10-12-1-2-12/h3-4,9,12-13,16,22-23H,1-2,5-8,10-11H2. The summed E-state index contributed by atoms with van der Waals surface area (Å²) in [7, 11) is -4.19. The highest BCUT2D eigenvalue weighted by Crippen LogP contribution is 2.37. The highest BCUT2D eigenvalue weighted by Gasteiger charge is 2.39. The summed E-state index contributed by atoms with van der Waals surface area (Å²) in [4.78, 5) is 1.61. The van der Waals surface area contributed by atoms with E-state index in [9.17, 15) is 21.6 Å². The van der Waals surface area contributed by atoms with Crippen LogP contribution >= 0.6 is 0 Å². The number of alkyl halides is 3. The highest BCUT2D eigenvalue weighted by atomic mass is 32.2. The molecule has 27 heavy (non-hydrogen) atoms. The molecule has 0 aromatic heterocycles. The van der Waals surface area contributed by atoms with Crippen LogP contribution in [0.15, 0.2) is 23.1 Å². The Morgan fingerprint density at radius 2 is 1.81 bits per heavy atom. The molecule has 2 N–H and O–H groups in total. The van der Waals surface area contributed by atoms with Crippen LogP contribution < -0.4 is 10.0 Å². The summed E-state index contributed by atoms with van der Waals surface area (Å²) >= 11 is 0. The number of sulfonamides is 1. The molecule has 3 aliphatic heterocycles. The molecule has 3 saturated heterocycles. The van der Waals surface area contributed by atoms with Gasteiger partial charge in [-0.1, -0.05) is 0 Å². The van der Waals surface area contributed by atoms with Crippen LogP contribution in [0.25, 0.3) is 0 Å². The Hall–Kier alpha value is -1.32. The number of nitrogens with zero attached hydrogens (tertiary/aromatic N) is 1. The lowest BCUT2D eigenvalue weighted by molar-refractivity contribution is -0.139. The summed E-state index contributed by atoms with van der Waals surface area (Å²) in [6.07, 6.45) is -0.826. The van der Waals surface area contributed by atoms with Gasteiger partial charge in [0.15, 0.2) is 0 Å². The van der Waals surface area contributed by atoms with Crippen LogP contribution in [0.4, 0.5) is 18.9 Å². The average molecular weight is 403 g/mol. The Morgan fingerprint density at radius 3 is 2.37 bits per heavy atom. The quantitative estimate of drug-likeness (QED) is 0.767. The second kappa shape index (κ2) is 6.93. The maximum Gasteiger partial charge on any atom is 0.417 e. The minimum absolute atomic E-state index is 0.101. The number of piperidine rings is 3. The molecule has 0 amide bonds. The van der Waals surface area contributed by atoms with E-state index in [-0.39, 0.29) is 18.5 Å². The van der Waals surface area contributed by atoms with E-state index in [1.54, 1.807) is 0 Å². The summed E-state index contributed by atoms with van der Waals surface area (Å²) in [6.45, 7) is 3.09. The van der Waals surface area contributed by atoms with Crippen molar-refractivity contribution in [2.45, 2.75) is 42.8 Å². The predicted octanol–water partition coefficient (Wildman–Crippen LogP) is 2.90. The van der Waals surface area contributed by atoms with Gasteiger partial charge < -0.3 is 10.2 Å². The van der Waals surface area contributed by atoms with Crippen LogP contribution in [-0.4, -0.2) is 45.5 Å². The number of nitrogens with one attached hydrogen (secondary N) is 2. The van der Waals surface area contributed by atoms with Gasteiger partial charge in [-0.25, -0.2) is 13.1 Å². The van der Waals surface area contributed by atoms with Gasteiger partial charge in [0, 0.05) is 24.8 Å². The molecule has 1 saturated carbocycles. The monoisotopic (exact) mass is 403 g/mol. The molecular weight excluding hydrogens is 379 g/mol. The molecule has 9 heteroatoms. The molecule has 1 atom stereocenters. The van der Waals surface area contributed by atoms with Crippen molar-refractivity contribution in [1.29, 1.82) is 0 Å². The van der Waals surface area contributed by atoms with Crippen molar-refractivity contribution in [2.24, 2.45) is 11.8 Å². The minimum Gasteiger partial charge on any atom is -0.381 e. The van der Waals surface area contributed by atoms with Gasteiger partial charge in [0.1, 0.15) is 0 Å². The lowest BCUT2D eigenvalue weighted by Gasteiger charge is -2.45. The summed E-state index contributed by atoms with van der Waals surface area (Å²) < 4.78 is 67.8. The Balaban J connectivity index is 1.57. The largest absolute Gasteiger partial charge is 0.417 e. The van der Waals surface area contributed by atoms with E-state index in [2.05, 4.69) is 14.9 Å². The number of fused-ring (bicyclic) bond motifs is 3. The molecule has 4 aliphatic rings. The zero-order valence-electron chi connectivity index (χ0n) is 14.9. The van der Waals surface area contributed by atoms with Crippen LogP contribution in [0, 0.1) is 11.8 Å². The molecule has 2 bridgehead atoms. The van der Waals surface area contributed by atoms with Gasteiger partial charge in [-0.2, -0.15) is 13.2 Å². The minimum atomic E-state index is -4.74. The molecule has 1 aromatic carbocycles. The number of hydrogen-bond donors (Lipinski definition) is 2. The Kier molecular flexibility index (Phi) is 4.88. The second-order valence-electron chi connectivity index (χ2n) is 7.89. The molecule has 5 nitrogen and oxygen atoms in total. The van der Waals surface area contributed by atoms with Crippen LogP contribution in [0.3, 0.4) is 0 Å². The lowest BCUT2D eigenvalue weighted by atomic mass is 9.84. The lowest BCUT2D eigenvalue weighted by Crippen LogP contribution is -2.53. The third-order valence-corrected chi connectivity index (χ3v) is 7.32. The van der Waals surface area contributed by atoms with E-state index < -0.39 is 26.7 Å². The van der Waals surface area contributed by atoms with Gasteiger partial charge >= 0.3 is 6.18 Å². The van der Waals surface area contributed by atoms with Crippen molar-refractivity contribution in [3.8, 4) is 0 Å². The maximum atomic E-state index is 13.6. The van der Waals surface area contributed by atoms with Gasteiger partial charge in [0.2, 0.25) is 10.0 Å². The molecule has 3 heterocycles. The van der Waals surface area contributed by atoms with E-state index in [1.165, 1.54) is 6.07 Å². The van der Waals surface area contributed by atoms with Gasteiger partial charge in [-0.3, -0.25) is 0 Å². The Bertz CT molecular complexity index is 801. The predicted molar refractivity (Wildman–Crippen MR) is 95.9 cm³/mol. The van der Waals surface area contributed by atoms with Gasteiger partial charge in [-0.15, -0.1) is 0 Å². The highest BCUT2D eigenvalue weighted by molar-refractivity contribution is 7.89. The average Bonchev–Trinajstić information content (AvgIpc) is 3.45. The summed E-state index contributed by atoms with van der Waals surface area (Å²) in [6, 6.07) is 3.55. The first-order chi connectivity index (χ1) is 12.7. The van der Waals surface area contributed by atoms with Crippen LogP contribution in [0.2, 0.25) is 0 Å². The van der Waals surface area contributed by atoms with Gasteiger partial charge in [-0.05, 0) is 68.8 Å². The SMILES string of the molecule is O=S(=O)(NCC1CC1)c1ccc(NC2CN3CCC2CC3)cc1C(F)(F)F. The van der Waals surface area contributed by atoms with Crippen LogP contribution in [0.1, 0.15) is 31.2 Å². The molecule has 1 aliphatic carbocycles. The fraction of sp³-hybridized carbons (Fsp3) is 0.667. The summed E-state index contributed by atoms with van der Waals surface area (Å²) in [5, 5.41) is 3.21. The number of anilines is 1. The van der Waals surface area contributed by atoms with Crippen molar-refractivity contribution in [1.82, 2.24) is 9.62 Å². The summed E-state index contributed by atoms with van der Waals surface area (Å²) in [5.41, 5.74) is -0.792. The first-order valence-corrected chi connectivity index (χ1v) is 10.9. The van der Waals surface area contributed by atoms with Crippen LogP contribution in [-0.2, 0) is 16.2 Å². The van der Waals surface area contributed by atoms with E-state index in [0.29, 0.717) is 11.6 Å². The van der Waals surface area contributed by atoms with E-state index >= 15 is 0 Å². The van der Waals surface area contributed by atoms with Gasteiger partial charge in [0.25, 0.3) is 0 Å².